The van der Waals surface area contributed by atoms with Crippen molar-refractivity contribution in [3.63, 3.8) is 0 Å². The fraction of sp³-hybridized carbons (Fsp3) is 0.933. The van der Waals surface area contributed by atoms with Crippen LogP contribution in [0.1, 0.15) is 71.1 Å². The molecule has 0 spiro atoms. The minimum Gasteiger partial charge on any atom is -0.309 e. The molecule has 0 bridgehead atoms. The third-order valence-corrected chi connectivity index (χ3v) is 4.14. The van der Waals surface area contributed by atoms with Crippen LogP contribution in [-0.4, -0.2) is 37.6 Å². The predicted octanol–water partition coefficient (Wildman–Crippen LogP) is 2.95. The maximum absolute atomic E-state index is 11.5. The van der Waals surface area contributed by atoms with Gasteiger partial charge in [0.1, 0.15) is 5.78 Å². The average molecular weight is 554 g/mol. The van der Waals surface area contributed by atoms with Crippen molar-refractivity contribution < 1.29 is 57.7 Å². The molecule has 0 amide bonds. The van der Waals surface area contributed by atoms with Gasteiger partial charge in [-0.1, -0.05) is 58.3 Å². The van der Waals surface area contributed by atoms with Gasteiger partial charge >= 0.3 is 0 Å². The Hall–Kier alpha value is 0.865. The second kappa shape index (κ2) is 16.7. The molecular formula is C15H31NO4STh. The van der Waals surface area contributed by atoms with Crippen LogP contribution >= 0.6 is 0 Å². The van der Waals surface area contributed by atoms with Gasteiger partial charge in [0.2, 0.25) is 0 Å². The number of ketones is 1. The Bertz CT molecular complexity index is 361. The molecule has 0 radical (unpaired) electrons. The molecule has 0 fully saturated rings. The number of carbonyl (C=O) groups excluding carboxylic acids is 1. The largest absolute Gasteiger partial charge is 0.309 e. The van der Waals surface area contributed by atoms with Crippen LogP contribution in [0.4, 0.5) is 0 Å². The van der Waals surface area contributed by atoms with E-state index in [-0.39, 0.29) is 64.6 Å². The first-order chi connectivity index (χ1) is 9.95. The smallest absolute Gasteiger partial charge is 0.266 e. The van der Waals surface area contributed by atoms with Gasteiger partial charge in [-0.3, -0.25) is 9.35 Å². The van der Waals surface area contributed by atoms with Crippen LogP contribution in [0.2, 0.25) is 0 Å². The van der Waals surface area contributed by atoms with E-state index in [0.717, 1.165) is 12.8 Å². The molecule has 0 rings (SSSR count). The molecule has 0 unspecified atom stereocenters. The average Bonchev–Trinajstić information content (AvgIpc) is 2.41. The number of carbonyl (C=O) groups is 1. The van der Waals surface area contributed by atoms with E-state index in [1.165, 1.54) is 44.9 Å². The molecule has 0 aromatic rings. The van der Waals surface area contributed by atoms with E-state index < -0.39 is 10.1 Å². The molecule has 0 saturated heterocycles. The quantitative estimate of drug-likeness (QED) is 0.241. The van der Waals surface area contributed by atoms with Crippen LogP contribution in [0, 0.1) is 39.9 Å². The van der Waals surface area contributed by atoms with Crippen molar-refractivity contribution >= 4 is 15.9 Å². The molecule has 0 aliphatic carbocycles. The molecule has 5 nitrogen and oxygen atoms in total. The fourth-order valence-corrected chi connectivity index (χ4v) is 2.55. The summed E-state index contributed by atoms with van der Waals surface area (Å²) in [6.45, 7) is 2.52. The zero-order valence-electron chi connectivity index (χ0n) is 13.8. The Balaban J connectivity index is 0. The molecule has 0 atom stereocenters. The zero-order chi connectivity index (χ0) is 16.0. The Labute approximate surface area is 167 Å². The summed E-state index contributed by atoms with van der Waals surface area (Å²) in [6.07, 6.45) is 11.6. The molecule has 0 saturated carbocycles. The number of hydrogen-bond acceptors (Lipinski definition) is 4. The Morgan fingerprint density at radius 2 is 1.45 bits per heavy atom. The van der Waals surface area contributed by atoms with Crippen molar-refractivity contribution in [3.05, 3.63) is 0 Å². The normalized spacial score (nSPS) is 11.2. The first-order valence-electron chi connectivity index (χ1n) is 8.13. The van der Waals surface area contributed by atoms with Gasteiger partial charge in [0.15, 0.2) is 0 Å². The van der Waals surface area contributed by atoms with Gasteiger partial charge in [0.05, 0.1) is 12.3 Å². The van der Waals surface area contributed by atoms with E-state index in [0.29, 0.717) is 6.42 Å². The standard InChI is InChI=1S/C15H31NO4S.Th/c1-2-3-4-5-6-7-8-9-10-11-15(17)14-16-12-13-21(18,19)20;/h16H,2-14H2,1H3,(H,18,19,20);. The summed E-state index contributed by atoms with van der Waals surface area (Å²) in [5.74, 6) is -0.244. The fourth-order valence-electron chi connectivity index (χ4n) is 2.15. The summed E-state index contributed by atoms with van der Waals surface area (Å²) < 4.78 is 29.4. The van der Waals surface area contributed by atoms with E-state index in [1.54, 1.807) is 0 Å². The number of hydrogen-bond donors (Lipinski definition) is 2. The topological polar surface area (TPSA) is 83.5 Å². The number of unbranched alkanes of at least 4 members (excludes halogenated alkanes) is 8. The molecule has 7 heteroatoms. The summed E-state index contributed by atoms with van der Waals surface area (Å²) in [4.78, 5) is 11.5. The molecular weight excluding hydrogens is 522 g/mol. The summed E-state index contributed by atoms with van der Waals surface area (Å²) >= 11 is 0. The third kappa shape index (κ3) is 20.9. The van der Waals surface area contributed by atoms with E-state index in [9.17, 15) is 13.2 Å². The van der Waals surface area contributed by atoms with E-state index in [4.69, 9.17) is 4.55 Å². The molecule has 2 N–H and O–H groups in total. The molecule has 0 aliphatic rings. The molecule has 130 valence electrons. The van der Waals surface area contributed by atoms with E-state index in [1.807, 2.05) is 0 Å². The number of nitrogens with one attached hydrogen (secondary N) is 1. The van der Waals surface area contributed by atoms with Gasteiger partial charge in [-0.05, 0) is 6.42 Å². The van der Waals surface area contributed by atoms with Crippen LogP contribution in [0.3, 0.4) is 0 Å². The second-order valence-electron chi connectivity index (χ2n) is 5.58. The van der Waals surface area contributed by atoms with Crippen molar-refractivity contribution in [1.82, 2.24) is 5.32 Å². The maximum atomic E-state index is 11.5. The van der Waals surface area contributed by atoms with Crippen molar-refractivity contribution in [2.45, 2.75) is 71.1 Å². The predicted molar refractivity (Wildman–Crippen MR) is 86.1 cm³/mol. The summed E-state index contributed by atoms with van der Waals surface area (Å²) in [5.41, 5.74) is 0. The van der Waals surface area contributed by atoms with E-state index in [2.05, 4.69) is 12.2 Å². The Morgan fingerprint density at radius 1 is 0.955 bits per heavy atom. The van der Waals surface area contributed by atoms with Crippen molar-refractivity contribution in [1.29, 1.82) is 0 Å². The zero-order valence-corrected chi connectivity index (χ0v) is 18.7. The third-order valence-electron chi connectivity index (χ3n) is 3.42. The van der Waals surface area contributed by atoms with Crippen LogP contribution in [0.25, 0.3) is 0 Å². The maximum Gasteiger partial charge on any atom is 0.266 e. The molecule has 0 aromatic heterocycles. The van der Waals surface area contributed by atoms with Crippen molar-refractivity contribution in [3.8, 4) is 0 Å². The molecule has 0 aliphatic heterocycles. The SMILES string of the molecule is CCCCCCCCCCCC(=O)CNCCS(=O)(=O)O.[Th]. The second-order valence-corrected chi connectivity index (χ2v) is 7.15. The van der Waals surface area contributed by atoms with Gasteiger partial charge < -0.3 is 5.32 Å². The van der Waals surface area contributed by atoms with Crippen LogP contribution in [-0.2, 0) is 14.9 Å². The van der Waals surface area contributed by atoms with Crippen LogP contribution in [0.5, 0.6) is 0 Å². The van der Waals surface area contributed by atoms with Crippen molar-refractivity contribution in [2.24, 2.45) is 0 Å². The molecule has 0 aromatic carbocycles. The Morgan fingerprint density at radius 3 is 1.95 bits per heavy atom. The summed E-state index contributed by atoms with van der Waals surface area (Å²) in [5, 5.41) is 2.73. The van der Waals surface area contributed by atoms with Gasteiger partial charge in [-0.2, -0.15) is 8.42 Å². The first kappa shape index (κ1) is 25.1. The Kier molecular flexibility index (Phi) is 19.1. The van der Waals surface area contributed by atoms with Crippen LogP contribution in [0.15, 0.2) is 0 Å². The molecule has 22 heavy (non-hydrogen) atoms. The van der Waals surface area contributed by atoms with Crippen LogP contribution < -0.4 is 5.32 Å². The monoisotopic (exact) mass is 553 g/mol. The van der Waals surface area contributed by atoms with Crippen molar-refractivity contribution in [2.75, 3.05) is 18.8 Å². The number of Topliss-reactive ketones (excluding diaryl/α,β-unsaturated/α-hetero) is 1. The minimum absolute atomic E-state index is 0. The molecule has 0 heterocycles. The van der Waals surface area contributed by atoms with Gasteiger partial charge in [0, 0.05) is 52.9 Å². The minimum atomic E-state index is -3.93. The first-order valence-corrected chi connectivity index (χ1v) is 9.74. The van der Waals surface area contributed by atoms with E-state index >= 15 is 0 Å². The number of rotatable bonds is 15. The summed E-state index contributed by atoms with van der Waals surface area (Å²) in [7, 11) is -3.93. The van der Waals surface area contributed by atoms with Gasteiger partial charge in [-0.25, -0.2) is 0 Å². The summed E-state index contributed by atoms with van der Waals surface area (Å²) in [6, 6.07) is 0. The van der Waals surface area contributed by atoms with Gasteiger partial charge in [0.25, 0.3) is 10.1 Å². The van der Waals surface area contributed by atoms with Gasteiger partial charge in [-0.15, -0.1) is 0 Å².